The molecule has 3 N–H and O–H groups in total. The van der Waals surface area contributed by atoms with Crippen LogP contribution in [0.3, 0.4) is 0 Å². The first-order valence-electron chi connectivity index (χ1n) is 9.71. The van der Waals surface area contributed by atoms with Crippen LogP contribution in [-0.2, 0) is 24.1 Å². The normalized spacial score (nSPS) is 18.0. The van der Waals surface area contributed by atoms with Crippen LogP contribution in [0, 0.1) is 5.82 Å². The van der Waals surface area contributed by atoms with Crippen molar-refractivity contribution < 1.29 is 19.1 Å². The van der Waals surface area contributed by atoms with Crippen LogP contribution in [0.15, 0.2) is 29.1 Å². The number of aliphatic hydroxyl groups is 1. The summed E-state index contributed by atoms with van der Waals surface area (Å²) < 4.78 is 19.5. The zero-order chi connectivity index (χ0) is 20.3. The Labute approximate surface area is 164 Å². The second-order valence-corrected chi connectivity index (χ2v) is 8.41. The largest absolute Gasteiger partial charge is 0.385 e. The van der Waals surface area contributed by atoms with Crippen LogP contribution < -0.4 is 10.5 Å². The summed E-state index contributed by atoms with van der Waals surface area (Å²) >= 11 is 0. The minimum absolute atomic E-state index is 0.172. The number of quaternary nitrogens is 1. The summed E-state index contributed by atoms with van der Waals surface area (Å²) in [4.78, 5) is 21.1. The van der Waals surface area contributed by atoms with E-state index in [1.165, 1.54) is 6.07 Å². The third kappa shape index (κ3) is 5.47. The van der Waals surface area contributed by atoms with E-state index in [0.717, 1.165) is 17.1 Å². The maximum atomic E-state index is 13.9. The van der Waals surface area contributed by atoms with Crippen LogP contribution in [0.5, 0.6) is 0 Å². The Kier molecular flexibility index (Phi) is 6.27. The molecule has 6 nitrogen and oxygen atoms in total. The van der Waals surface area contributed by atoms with Crippen molar-refractivity contribution in [3.8, 4) is 0 Å². The summed E-state index contributed by atoms with van der Waals surface area (Å²) in [5, 5.41) is 10.2. The molecule has 1 aliphatic heterocycles. The highest BCUT2D eigenvalue weighted by Crippen LogP contribution is 2.12. The molecule has 7 heteroatoms. The molecular weight excluding hydrogens is 361 g/mol. The number of hydrogen-bond acceptors (Lipinski definition) is 4. The highest BCUT2D eigenvalue weighted by molar-refractivity contribution is 5.24. The summed E-state index contributed by atoms with van der Waals surface area (Å²) in [5.41, 5.74) is 1.48. The molecule has 1 unspecified atom stereocenters. The molecule has 0 radical (unpaired) electrons. The van der Waals surface area contributed by atoms with Gasteiger partial charge in [-0.3, -0.25) is 4.79 Å². The predicted molar refractivity (Wildman–Crippen MR) is 104 cm³/mol. The molecular formula is C21H29FN3O3+. The fourth-order valence-electron chi connectivity index (χ4n) is 3.44. The van der Waals surface area contributed by atoms with Gasteiger partial charge < -0.3 is 19.7 Å². The number of ether oxygens (including phenoxy) is 1. The Bertz CT molecular complexity index is 876. The summed E-state index contributed by atoms with van der Waals surface area (Å²) in [6.45, 7) is 7.96. The van der Waals surface area contributed by atoms with Crippen LogP contribution in [0.2, 0.25) is 0 Å². The van der Waals surface area contributed by atoms with E-state index in [1.54, 1.807) is 18.2 Å². The molecule has 0 aliphatic carbocycles. The summed E-state index contributed by atoms with van der Waals surface area (Å²) in [6.07, 6.45) is 0.337. The standard InChI is InChI=1S/C21H28FN3O3/c1-21(2,3)28-13-15(26)11-25-9-8-18-16(12-25)20(27)24-19(23-18)10-14-6-4-5-7-17(14)22/h4-7,15,26H,8-13H2,1-3H3,(H,23,24,27)/p+1/t15-/m1/s1. The number of hydrogen-bond donors (Lipinski definition) is 3. The number of nitrogens with zero attached hydrogens (tertiary/aromatic N) is 1. The van der Waals surface area contributed by atoms with E-state index >= 15 is 0 Å². The second-order valence-electron chi connectivity index (χ2n) is 8.41. The van der Waals surface area contributed by atoms with Gasteiger partial charge in [0.25, 0.3) is 5.56 Å². The lowest BCUT2D eigenvalue weighted by atomic mass is 10.1. The van der Waals surface area contributed by atoms with E-state index in [4.69, 9.17) is 4.74 Å². The number of nitrogens with one attached hydrogen (secondary N) is 2. The van der Waals surface area contributed by atoms with Crippen molar-refractivity contribution in [1.29, 1.82) is 0 Å². The maximum absolute atomic E-state index is 13.9. The first-order chi connectivity index (χ1) is 13.2. The van der Waals surface area contributed by atoms with Crippen molar-refractivity contribution in [2.45, 2.75) is 51.9 Å². The van der Waals surface area contributed by atoms with Crippen LogP contribution in [0.1, 0.15) is 43.4 Å². The Hall–Kier alpha value is -2.09. The number of halogens is 1. The molecule has 1 aromatic heterocycles. The Morgan fingerprint density at radius 1 is 1.36 bits per heavy atom. The van der Waals surface area contributed by atoms with Crippen molar-refractivity contribution in [3.63, 3.8) is 0 Å². The number of benzene rings is 1. The van der Waals surface area contributed by atoms with Gasteiger partial charge in [-0.2, -0.15) is 0 Å². The van der Waals surface area contributed by atoms with Gasteiger partial charge in [-0.15, -0.1) is 0 Å². The first-order valence-corrected chi connectivity index (χ1v) is 9.71. The van der Waals surface area contributed by atoms with Crippen LogP contribution in [0.4, 0.5) is 4.39 Å². The zero-order valence-corrected chi connectivity index (χ0v) is 16.7. The third-order valence-electron chi connectivity index (χ3n) is 4.84. The molecule has 2 heterocycles. The van der Waals surface area contributed by atoms with Crippen molar-refractivity contribution >= 4 is 0 Å². The van der Waals surface area contributed by atoms with Gasteiger partial charge in [-0.25, -0.2) is 9.37 Å². The van der Waals surface area contributed by atoms with E-state index in [9.17, 15) is 14.3 Å². The van der Waals surface area contributed by atoms with E-state index in [1.807, 2.05) is 20.8 Å². The molecule has 3 rings (SSSR count). The molecule has 0 spiro atoms. The van der Waals surface area contributed by atoms with Gasteiger partial charge in [0.05, 0.1) is 30.0 Å². The maximum Gasteiger partial charge on any atom is 0.260 e. The summed E-state index contributed by atoms with van der Waals surface area (Å²) in [5.74, 6) is 0.181. The van der Waals surface area contributed by atoms with Crippen LogP contribution >= 0.6 is 0 Å². The fraction of sp³-hybridized carbons (Fsp3) is 0.524. The molecule has 0 saturated carbocycles. The van der Waals surface area contributed by atoms with Crippen molar-refractivity contribution in [2.75, 3.05) is 19.7 Å². The molecule has 0 fully saturated rings. The van der Waals surface area contributed by atoms with E-state index in [2.05, 4.69) is 9.97 Å². The Morgan fingerprint density at radius 2 is 2.11 bits per heavy atom. The first kappa shape index (κ1) is 20.6. The Balaban J connectivity index is 1.66. The minimum atomic E-state index is -0.580. The molecule has 152 valence electrons. The van der Waals surface area contributed by atoms with Crippen LogP contribution in [-0.4, -0.2) is 46.5 Å². The summed E-state index contributed by atoms with van der Waals surface area (Å²) in [7, 11) is 0. The highest BCUT2D eigenvalue weighted by Gasteiger charge is 2.26. The van der Waals surface area contributed by atoms with E-state index in [0.29, 0.717) is 36.5 Å². The number of rotatable bonds is 6. The fourth-order valence-corrected chi connectivity index (χ4v) is 3.44. The quantitative estimate of drug-likeness (QED) is 0.676. The average Bonchev–Trinajstić information content (AvgIpc) is 2.62. The van der Waals surface area contributed by atoms with Crippen molar-refractivity contribution in [1.82, 2.24) is 9.97 Å². The second kappa shape index (κ2) is 8.51. The number of fused-ring (bicyclic) bond motifs is 1. The minimum Gasteiger partial charge on any atom is -0.385 e. The van der Waals surface area contributed by atoms with Crippen molar-refractivity contribution in [3.05, 3.63) is 63.1 Å². The molecule has 0 saturated heterocycles. The molecule has 2 aromatic rings. The lowest BCUT2D eigenvalue weighted by molar-refractivity contribution is -0.919. The highest BCUT2D eigenvalue weighted by atomic mass is 19.1. The van der Waals surface area contributed by atoms with Gasteiger partial charge in [-0.1, -0.05) is 18.2 Å². The Morgan fingerprint density at radius 3 is 2.82 bits per heavy atom. The lowest BCUT2D eigenvalue weighted by Crippen LogP contribution is -3.13. The predicted octanol–water partition coefficient (Wildman–Crippen LogP) is 0.617. The van der Waals surface area contributed by atoms with Gasteiger partial charge in [0.15, 0.2) is 0 Å². The molecule has 1 aromatic carbocycles. The molecule has 2 atom stereocenters. The van der Waals surface area contributed by atoms with Crippen molar-refractivity contribution in [2.24, 2.45) is 0 Å². The summed E-state index contributed by atoms with van der Waals surface area (Å²) in [6, 6.07) is 6.51. The SMILES string of the molecule is CC(C)(C)OC[C@H](O)C[NH+]1CCc2nc(Cc3ccccc3F)[nH]c(=O)c2C1. The van der Waals surface area contributed by atoms with Crippen LogP contribution in [0.25, 0.3) is 0 Å². The monoisotopic (exact) mass is 390 g/mol. The van der Waals surface area contributed by atoms with Gasteiger partial charge in [0.2, 0.25) is 0 Å². The third-order valence-corrected chi connectivity index (χ3v) is 4.84. The molecule has 1 aliphatic rings. The number of aromatic nitrogens is 2. The molecule has 0 bridgehead atoms. The lowest BCUT2D eigenvalue weighted by Gasteiger charge is -2.28. The number of aliphatic hydroxyl groups excluding tert-OH is 1. The van der Waals surface area contributed by atoms with E-state index < -0.39 is 6.10 Å². The van der Waals surface area contributed by atoms with Gasteiger partial charge in [0.1, 0.15) is 30.8 Å². The number of aromatic amines is 1. The number of H-pyrrole nitrogens is 1. The molecule has 0 amide bonds. The van der Waals surface area contributed by atoms with E-state index in [-0.39, 0.29) is 30.0 Å². The topological polar surface area (TPSA) is 79.7 Å². The smallest absolute Gasteiger partial charge is 0.260 e. The average molecular weight is 390 g/mol. The van der Waals surface area contributed by atoms with Gasteiger partial charge in [-0.05, 0) is 32.4 Å². The molecule has 28 heavy (non-hydrogen) atoms. The zero-order valence-electron chi connectivity index (χ0n) is 16.7. The van der Waals surface area contributed by atoms with Gasteiger partial charge in [0, 0.05) is 12.8 Å². The van der Waals surface area contributed by atoms with Gasteiger partial charge >= 0.3 is 0 Å².